The number of fused-ring (bicyclic) bond motifs is 2. The molecule has 2 rings (SSSR count). The molecule has 2 heterocycles. The molecule has 0 spiro atoms. The number of ketones is 2. The van der Waals surface area contributed by atoms with Gasteiger partial charge in [0.15, 0.2) is 5.78 Å². The number of nitrogens with zero attached hydrogens (tertiary/aromatic N) is 2. The van der Waals surface area contributed by atoms with Crippen molar-refractivity contribution in [2.75, 3.05) is 13.2 Å². The second-order valence-electron chi connectivity index (χ2n) is 9.66. The number of carbonyl (C=O) groups excluding carboxylic acids is 4. The van der Waals surface area contributed by atoms with Crippen LogP contribution in [-0.2, 0) is 32.1 Å². The molecule has 0 saturated heterocycles. The van der Waals surface area contributed by atoms with Gasteiger partial charge >= 0.3 is 6.09 Å². The van der Waals surface area contributed by atoms with Gasteiger partial charge in [-0.2, -0.15) is 5.10 Å². The molecule has 1 aromatic heterocycles. The Labute approximate surface area is 183 Å². The van der Waals surface area contributed by atoms with Crippen molar-refractivity contribution in [2.45, 2.75) is 66.5 Å². The fraction of sp³-hybridized carbons (Fsp3) is 0.682. The number of aromatic nitrogens is 2. The lowest BCUT2D eigenvalue weighted by atomic mass is 9.87. The fourth-order valence-electron chi connectivity index (χ4n) is 3.33. The van der Waals surface area contributed by atoms with Gasteiger partial charge in [0, 0.05) is 31.6 Å². The van der Waals surface area contributed by atoms with Crippen LogP contribution in [0.15, 0.2) is 12.4 Å². The van der Waals surface area contributed by atoms with Gasteiger partial charge in [0.25, 0.3) is 5.91 Å². The molecular weight excluding hydrogens is 400 g/mol. The van der Waals surface area contributed by atoms with Crippen molar-refractivity contribution in [1.29, 1.82) is 0 Å². The van der Waals surface area contributed by atoms with Crippen molar-refractivity contribution in [3.8, 4) is 0 Å². The van der Waals surface area contributed by atoms with Gasteiger partial charge in [-0.3, -0.25) is 19.1 Å². The molecule has 0 fully saturated rings. The molecule has 1 aliphatic heterocycles. The number of hydrogen-bond donors (Lipinski definition) is 2. The minimum Gasteiger partial charge on any atom is -0.449 e. The van der Waals surface area contributed by atoms with Gasteiger partial charge in [-0.15, -0.1) is 0 Å². The van der Waals surface area contributed by atoms with E-state index in [1.165, 1.54) is 0 Å². The summed E-state index contributed by atoms with van der Waals surface area (Å²) in [6.07, 6.45) is 3.56. The topological polar surface area (TPSA) is 119 Å². The Bertz CT molecular complexity index is 809. The summed E-state index contributed by atoms with van der Waals surface area (Å²) in [6.45, 7) is 10.6. The van der Waals surface area contributed by atoms with Gasteiger partial charge < -0.3 is 15.4 Å². The molecular formula is C22H34N4O5. The van der Waals surface area contributed by atoms with Gasteiger partial charge in [-0.05, 0) is 29.7 Å². The summed E-state index contributed by atoms with van der Waals surface area (Å²) in [5.74, 6) is -2.64. The van der Waals surface area contributed by atoms with Crippen molar-refractivity contribution >= 4 is 23.6 Å². The van der Waals surface area contributed by atoms with Crippen molar-refractivity contribution in [3.63, 3.8) is 0 Å². The Morgan fingerprint density at radius 3 is 2.68 bits per heavy atom. The maximum atomic E-state index is 13.0. The van der Waals surface area contributed by atoms with E-state index in [0.29, 0.717) is 19.5 Å². The summed E-state index contributed by atoms with van der Waals surface area (Å²) in [5.41, 5.74) is 0.590. The third kappa shape index (κ3) is 7.80. The van der Waals surface area contributed by atoms with Crippen LogP contribution >= 0.6 is 0 Å². The Morgan fingerprint density at radius 2 is 2.03 bits per heavy atom. The molecule has 9 nitrogen and oxygen atoms in total. The van der Waals surface area contributed by atoms with Crippen molar-refractivity contribution in [1.82, 2.24) is 20.4 Å². The van der Waals surface area contributed by atoms with Crippen LogP contribution < -0.4 is 10.6 Å². The monoisotopic (exact) mass is 434 g/mol. The maximum absolute atomic E-state index is 13.0. The second kappa shape index (κ2) is 10.5. The third-order valence-corrected chi connectivity index (χ3v) is 4.98. The van der Waals surface area contributed by atoms with E-state index in [0.717, 1.165) is 5.56 Å². The van der Waals surface area contributed by atoms with E-state index >= 15 is 0 Å². The first-order valence-corrected chi connectivity index (χ1v) is 10.8. The zero-order chi connectivity index (χ0) is 23.2. The van der Waals surface area contributed by atoms with E-state index in [-0.39, 0.29) is 36.6 Å². The molecule has 1 aliphatic rings. The van der Waals surface area contributed by atoms with Crippen LogP contribution in [0.25, 0.3) is 0 Å². The number of Topliss-reactive ketones (excluding diaryl/α,β-unsaturated/α-hetero) is 2. The van der Waals surface area contributed by atoms with Crippen molar-refractivity contribution in [3.05, 3.63) is 18.0 Å². The zero-order valence-electron chi connectivity index (χ0n) is 19.1. The number of nitrogens with one attached hydrogen (secondary N) is 2. The number of hydrogen-bond acceptors (Lipinski definition) is 6. The quantitative estimate of drug-likeness (QED) is 0.660. The molecule has 1 aromatic rings. The lowest BCUT2D eigenvalue weighted by Gasteiger charge is -2.24. The van der Waals surface area contributed by atoms with Crippen LogP contribution in [0.3, 0.4) is 0 Å². The van der Waals surface area contributed by atoms with E-state index in [4.69, 9.17) is 4.74 Å². The lowest BCUT2D eigenvalue weighted by molar-refractivity contribution is -0.141. The van der Waals surface area contributed by atoms with E-state index in [9.17, 15) is 19.2 Å². The summed E-state index contributed by atoms with van der Waals surface area (Å²) in [4.78, 5) is 50.3. The number of rotatable bonds is 6. The minimum atomic E-state index is -0.822. The average Bonchev–Trinajstić information content (AvgIpc) is 3.11. The van der Waals surface area contributed by atoms with E-state index in [1.807, 2.05) is 40.8 Å². The lowest BCUT2D eigenvalue weighted by Crippen LogP contribution is -2.47. The number of amides is 2. The first-order valence-electron chi connectivity index (χ1n) is 10.8. The van der Waals surface area contributed by atoms with Crippen LogP contribution in [0, 0.1) is 17.3 Å². The van der Waals surface area contributed by atoms with Crippen LogP contribution in [0.2, 0.25) is 0 Å². The second-order valence-corrected chi connectivity index (χ2v) is 9.66. The Hall–Kier alpha value is -2.71. The molecule has 9 heteroatoms. The summed E-state index contributed by atoms with van der Waals surface area (Å²) in [6, 6.07) is -0.816. The number of carbonyl (C=O) groups is 4. The van der Waals surface area contributed by atoms with E-state index in [1.54, 1.807) is 10.9 Å². The van der Waals surface area contributed by atoms with Crippen LogP contribution in [-0.4, -0.2) is 52.5 Å². The highest BCUT2D eigenvalue weighted by molar-refractivity contribution is 6.37. The molecule has 172 valence electrons. The van der Waals surface area contributed by atoms with Gasteiger partial charge in [0.2, 0.25) is 5.78 Å². The summed E-state index contributed by atoms with van der Waals surface area (Å²) in [7, 11) is 0. The average molecular weight is 435 g/mol. The molecule has 0 saturated carbocycles. The minimum absolute atomic E-state index is 0.153. The van der Waals surface area contributed by atoms with Crippen LogP contribution in [0.4, 0.5) is 4.79 Å². The molecule has 2 N–H and O–H groups in total. The van der Waals surface area contributed by atoms with E-state index in [2.05, 4.69) is 15.7 Å². The predicted octanol–water partition coefficient (Wildman–Crippen LogP) is 1.89. The first kappa shape index (κ1) is 24.6. The summed E-state index contributed by atoms with van der Waals surface area (Å²) in [5, 5.41) is 9.51. The molecule has 2 amide bonds. The number of alkyl carbamates (subject to hydrolysis) is 1. The molecule has 31 heavy (non-hydrogen) atoms. The largest absolute Gasteiger partial charge is 0.449 e. The van der Waals surface area contributed by atoms with Crippen LogP contribution in [0.5, 0.6) is 0 Å². The van der Waals surface area contributed by atoms with Gasteiger partial charge in [0.05, 0.1) is 18.8 Å². The number of ether oxygens (including phenoxy) is 1. The third-order valence-electron chi connectivity index (χ3n) is 4.98. The Kier molecular flexibility index (Phi) is 8.36. The standard InChI is InChI=1S/C22H34N4O5/c1-14(2)18(25-21(30)31-13-22(3,4)5)17(27)10-16-9-15-11-24-26(12-15)8-6-7-23-20(29)19(16)28/h11-12,14,16,18H,6-10,13H2,1-5H3,(H,23,29)(H,25,30). The molecule has 2 bridgehead atoms. The normalized spacial score (nSPS) is 18.7. The first-order chi connectivity index (χ1) is 14.5. The maximum Gasteiger partial charge on any atom is 0.407 e. The highest BCUT2D eigenvalue weighted by atomic mass is 16.5. The smallest absolute Gasteiger partial charge is 0.407 e. The molecule has 0 aromatic carbocycles. The summed E-state index contributed by atoms with van der Waals surface area (Å²) >= 11 is 0. The highest BCUT2D eigenvalue weighted by Gasteiger charge is 2.33. The van der Waals surface area contributed by atoms with Gasteiger partial charge in [-0.25, -0.2) is 4.79 Å². The highest BCUT2D eigenvalue weighted by Crippen LogP contribution is 2.19. The molecule has 2 atom stereocenters. The fourth-order valence-corrected chi connectivity index (χ4v) is 3.33. The van der Waals surface area contributed by atoms with Crippen LogP contribution in [0.1, 0.15) is 53.0 Å². The number of aryl methyl sites for hydroxylation is 1. The van der Waals surface area contributed by atoms with Gasteiger partial charge in [-0.1, -0.05) is 34.6 Å². The van der Waals surface area contributed by atoms with Crippen molar-refractivity contribution in [2.24, 2.45) is 17.3 Å². The molecule has 0 aliphatic carbocycles. The molecule has 0 radical (unpaired) electrons. The zero-order valence-corrected chi connectivity index (χ0v) is 19.1. The SMILES string of the molecule is CC(C)C(NC(=O)OCC(C)(C)C)C(=O)CC1Cc2cnn(c2)CCCNC(=O)C1=O. The molecule has 2 unspecified atom stereocenters. The summed E-state index contributed by atoms with van der Waals surface area (Å²) < 4.78 is 6.98. The Morgan fingerprint density at radius 1 is 1.32 bits per heavy atom. The van der Waals surface area contributed by atoms with E-state index < -0.39 is 29.7 Å². The predicted molar refractivity (Wildman–Crippen MR) is 114 cm³/mol. The van der Waals surface area contributed by atoms with Gasteiger partial charge in [0.1, 0.15) is 0 Å². The van der Waals surface area contributed by atoms with Crippen molar-refractivity contribution < 1.29 is 23.9 Å². The Balaban J connectivity index is 2.12.